The van der Waals surface area contributed by atoms with Crippen molar-refractivity contribution in [2.45, 2.75) is 31.3 Å². The Kier molecular flexibility index (Phi) is 7.03. The minimum absolute atomic E-state index is 0.0261. The Morgan fingerprint density at radius 2 is 1.74 bits per heavy atom. The minimum Gasteiger partial charge on any atom is -0.335 e. The maximum atomic E-state index is 13.3. The second kappa shape index (κ2) is 10.5. The minimum atomic E-state index is -0.188. The van der Waals surface area contributed by atoms with Crippen LogP contribution in [-0.4, -0.2) is 53.2 Å². The number of likely N-dealkylation sites (tertiary alicyclic amines) is 1. The SMILES string of the molecule is O=C(Nc1ccccc1)NC1CCN(CC(=O)N2N=C(c3cccs3)CC2c2cccs2)CC1. The summed E-state index contributed by atoms with van der Waals surface area (Å²) in [5, 5.41) is 16.5. The smallest absolute Gasteiger partial charge is 0.319 e. The van der Waals surface area contributed by atoms with E-state index < -0.39 is 0 Å². The molecule has 176 valence electrons. The third kappa shape index (κ3) is 5.38. The highest BCUT2D eigenvalue weighted by atomic mass is 32.1. The number of amides is 3. The molecule has 1 unspecified atom stereocenters. The van der Waals surface area contributed by atoms with Crippen molar-refractivity contribution >= 4 is 46.0 Å². The van der Waals surface area contributed by atoms with Crippen molar-refractivity contribution < 1.29 is 9.59 Å². The Morgan fingerprint density at radius 1 is 0.971 bits per heavy atom. The predicted octanol–water partition coefficient (Wildman–Crippen LogP) is 4.77. The van der Waals surface area contributed by atoms with Gasteiger partial charge in [-0.25, -0.2) is 9.80 Å². The molecule has 0 saturated carbocycles. The molecule has 0 spiro atoms. The second-order valence-corrected chi connectivity index (χ2v) is 10.4. The topological polar surface area (TPSA) is 77.0 Å². The van der Waals surface area contributed by atoms with Crippen molar-refractivity contribution in [3.8, 4) is 0 Å². The van der Waals surface area contributed by atoms with Crippen molar-refractivity contribution in [1.82, 2.24) is 15.2 Å². The lowest BCUT2D eigenvalue weighted by atomic mass is 10.1. The van der Waals surface area contributed by atoms with Crippen LogP contribution in [0.1, 0.15) is 35.1 Å². The molecule has 1 aromatic carbocycles. The lowest BCUT2D eigenvalue weighted by molar-refractivity contribution is -0.134. The third-order valence-corrected chi connectivity index (χ3v) is 8.05. The lowest BCUT2D eigenvalue weighted by Gasteiger charge is -2.33. The van der Waals surface area contributed by atoms with Gasteiger partial charge < -0.3 is 10.6 Å². The first kappa shape index (κ1) is 22.8. The van der Waals surface area contributed by atoms with E-state index in [2.05, 4.69) is 27.7 Å². The van der Waals surface area contributed by atoms with Gasteiger partial charge in [-0.3, -0.25) is 9.69 Å². The highest BCUT2D eigenvalue weighted by Gasteiger charge is 2.35. The van der Waals surface area contributed by atoms with Crippen molar-refractivity contribution in [3.63, 3.8) is 0 Å². The van der Waals surface area contributed by atoms with Crippen LogP contribution in [0.5, 0.6) is 0 Å². The first-order chi connectivity index (χ1) is 16.7. The summed E-state index contributed by atoms with van der Waals surface area (Å²) in [6.45, 7) is 1.87. The van der Waals surface area contributed by atoms with Gasteiger partial charge in [0.15, 0.2) is 0 Å². The molecule has 0 radical (unpaired) electrons. The second-order valence-electron chi connectivity index (χ2n) is 8.51. The van der Waals surface area contributed by atoms with Gasteiger partial charge in [0.05, 0.1) is 23.2 Å². The number of benzene rings is 1. The van der Waals surface area contributed by atoms with Crippen LogP contribution in [0, 0.1) is 0 Å². The fourth-order valence-electron chi connectivity index (χ4n) is 4.41. The molecule has 1 fully saturated rings. The number of carbonyl (C=O) groups excluding carboxylic acids is 2. The van der Waals surface area contributed by atoms with E-state index in [-0.39, 0.29) is 24.0 Å². The highest BCUT2D eigenvalue weighted by Crippen LogP contribution is 2.36. The van der Waals surface area contributed by atoms with Gasteiger partial charge in [-0.1, -0.05) is 30.3 Å². The number of hydrogen-bond acceptors (Lipinski definition) is 6. The molecule has 3 amide bonds. The standard InChI is InChI=1S/C25H27N5O2S2/c31-24(30-21(23-9-5-15-34-23)16-20(28-30)22-8-4-14-33-22)17-29-12-10-19(11-13-29)27-25(32)26-18-6-2-1-3-7-18/h1-9,14-15,19,21H,10-13,16-17H2,(H2,26,27,32). The van der Waals surface area contributed by atoms with Crippen LogP contribution in [0.3, 0.4) is 0 Å². The molecule has 3 aromatic rings. The molecule has 5 rings (SSSR count). The summed E-state index contributed by atoms with van der Waals surface area (Å²) in [4.78, 5) is 30.0. The first-order valence-electron chi connectivity index (χ1n) is 11.5. The van der Waals surface area contributed by atoms with Gasteiger partial charge in [-0.15, -0.1) is 22.7 Å². The van der Waals surface area contributed by atoms with Gasteiger partial charge in [0.2, 0.25) is 0 Å². The number of nitrogens with zero attached hydrogens (tertiary/aromatic N) is 3. The monoisotopic (exact) mass is 493 g/mol. The fraction of sp³-hybridized carbons (Fsp3) is 0.320. The average molecular weight is 494 g/mol. The van der Waals surface area contributed by atoms with E-state index in [0.717, 1.165) is 53.5 Å². The molecule has 9 heteroatoms. The molecule has 4 heterocycles. The summed E-state index contributed by atoms with van der Waals surface area (Å²) in [5.41, 5.74) is 1.76. The van der Waals surface area contributed by atoms with E-state index in [4.69, 9.17) is 5.10 Å². The molecule has 2 aliphatic rings. The van der Waals surface area contributed by atoms with Crippen LogP contribution < -0.4 is 10.6 Å². The van der Waals surface area contributed by atoms with Gasteiger partial charge in [-0.2, -0.15) is 5.10 Å². The van der Waals surface area contributed by atoms with E-state index in [0.29, 0.717) is 6.54 Å². The molecule has 2 aromatic heterocycles. The number of urea groups is 1. The summed E-state index contributed by atoms with van der Waals surface area (Å²) in [5.74, 6) is 0.0261. The summed E-state index contributed by atoms with van der Waals surface area (Å²) in [6, 6.07) is 17.5. The molecule has 1 atom stereocenters. The number of hydrogen-bond donors (Lipinski definition) is 2. The van der Waals surface area contributed by atoms with E-state index in [9.17, 15) is 9.59 Å². The van der Waals surface area contributed by atoms with Crippen molar-refractivity contribution in [3.05, 3.63) is 75.1 Å². The summed E-state index contributed by atoms with van der Waals surface area (Å²) in [7, 11) is 0. The zero-order valence-electron chi connectivity index (χ0n) is 18.7. The number of thiophene rings is 2. The van der Waals surface area contributed by atoms with E-state index >= 15 is 0 Å². The van der Waals surface area contributed by atoms with Crippen LogP contribution in [0.15, 0.2) is 70.5 Å². The molecule has 34 heavy (non-hydrogen) atoms. The molecule has 0 aliphatic carbocycles. The van der Waals surface area contributed by atoms with Crippen LogP contribution in [0.25, 0.3) is 0 Å². The summed E-state index contributed by atoms with van der Waals surface area (Å²) >= 11 is 3.33. The van der Waals surface area contributed by atoms with E-state index in [1.807, 2.05) is 53.2 Å². The number of hydrazone groups is 1. The van der Waals surface area contributed by atoms with Gasteiger partial charge in [0.25, 0.3) is 5.91 Å². The number of nitrogens with one attached hydrogen (secondary N) is 2. The van der Waals surface area contributed by atoms with Crippen molar-refractivity contribution in [2.24, 2.45) is 5.10 Å². The maximum absolute atomic E-state index is 13.3. The predicted molar refractivity (Wildman–Crippen MR) is 137 cm³/mol. The Balaban J connectivity index is 1.15. The fourth-order valence-corrected chi connectivity index (χ4v) is 5.94. The van der Waals surface area contributed by atoms with Gasteiger partial charge >= 0.3 is 6.03 Å². The van der Waals surface area contributed by atoms with Gasteiger partial charge in [-0.05, 0) is 47.9 Å². The summed E-state index contributed by atoms with van der Waals surface area (Å²) in [6.07, 6.45) is 2.37. The van der Waals surface area contributed by atoms with E-state index in [1.165, 1.54) is 0 Å². The Hall–Kier alpha value is -3.01. The largest absolute Gasteiger partial charge is 0.335 e. The Labute approximate surface area is 207 Å². The number of anilines is 1. The number of rotatable bonds is 6. The van der Waals surface area contributed by atoms with Crippen LogP contribution in [-0.2, 0) is 4.79 Å². The van der Waals surface area contributed by atoms with E-state index in [1.54, 1.807) is 27.7 Å². The number of carbonyl (C=O) groups is 2. The zero-order valence-corrected chi connectivity index (χ0v) is 20.4. The number of piperidine rings is 1. The van der Waals surface area contributed by atoms with Crippen molar-refractivity contribution in [2.75, 3.05) is 25.0 Å². The van der Waals surface area contributed by atoms with Gasteiger partial charge in [0.1, 0.15) is 0 Å². The molecular formula is C25H27N5O2S2. The molecule has 7 nitrogen and oxygen atoms in total. The molecular weight excluding hydrogens is 466 g/mol. The lowest BCUT2D eigenvalue weighted by Crippen LogP contribution is -2.48. The quantitative estimate of drug-likeness (QED) is 0.519. The van der Waals surface area contributed by atoms with Crippen molar-refractivity contribution in [1.29, 1.82) is 0 Å². The third-order valence-electron chi connectivity index (χ3n) is 6.16. The normalized spacial score (nSPS) is 19.1. The highest BCUT2D eigenvalue weighted by molar-refractivity contribution is 7.12. The summed E-state index contributed by atoms with van der Waals surface area (Å²) < 4.78 is 0. The molecule has 2 aliphatic heterocycles. The molecule has 0 bridgehead atoms. The first-order valence-corrected chi connectivity index (χ1v) is 13.2. The Morgan fingerprint density at radius 3 is 2.44 bits per heavy atom. The van der Waals surface area contributed by atoms with Gasteiger partial charge in [0, 0.05) is 36.1 Å². The average Bonchev–Trinajstić information content (AvgIpc) is 3.62. The van der Waals surface area contributed by atoms with Crippen LogP contribution in [0.4, 0.5) is 10.5 Å². The van der Waals surface area contributed by atoms with Crippen LogP contribution >= 0.6 is 22.7 Å². The Bertz CT molecular complexity index is 1120. The van der Waals surface area contributed by atoms with Crippen LogP contribution in [0.2, 0.25) is 0 Å². The maximum Gasteiger partial charge on any atom is 0.319 e. The number of para-hydroxylation sites is 1. The molecule has 1 saturated heterocycles. The molecule has 2 N–H and O–H groups in total. The zero-order chi connectivity index (χ0) is 23.3.